The maximum Gasteiger partial charge on any atom is 0.259 e. The van der Waals surface area contributed by atoms with E-state index in [2.05, 4.69) is 17.4 Å². The maximum absolute atomic E-state index is 13.2. The fourth-order valence-electron chi connectivity index (χ4n) is 4.06. The summed E-state index contributed by atoms with van der Waals surface area (Å²) in [6.45, 7) is 5.87. The van der Waals surface area contributed by atoms with Gasteiger partial charge in [0.15, 0.2) is 0 Å². The van der Waals surface area contributed by atoms with Crippen LogP contribution in [0, 0.1) is 0 Å². The number of aromatic nitrogens is 1. The van der Waals surface area contributed by atoms with E-state index in [1.54, 1.807) is 17.3 Å². The predicted molar refractivity (Wildman–Crippen MR) is 127 cm³/mol. The molecule has 32 heavy (non-hydrogen) atoms. The van der Waals surface area contributed by atoms with Gasteiger partial charge in [0.05, 0.1) is 0 Å². The minimum atomic E-state index is -0.473. The highest BCUT2D eigenvalue weighted by atomic mass is 16.2. The van der Waals surface area contributed by atoms with Gasteiger partial charge in [-0.25, -0.2) is 0 Å². The number of aryl methyl sites for hydroxylation is 1. The lowest BCUT2D eigenvalue weighted by Crippen LogP contribution is -2.38. The Morgan fingerprint density at radius 2 is 1.66 bits per heavy atom. The van der Waals surface area contributed by atoms with Crippen LogP contribution in [0.2, 0.25) is 0 Å². The molecule has 0 saturated carbocycles. The molecule has 1 aromatic heterocycles. The van der Waals surface area contributed by atoms with Gasteiger partial charge in [-0.15, -0.1) is 0 Å². The van der Waals surface area contributed by atoms with Crippen molar-refractivity contribution < 1.29 is 9.59 Å². The molecule has 0 aliphatic carbocycles. The van der Waals surface area contributed by atoms with E-state index in [1.165, 1.54) is 5.56 Å². The minimum absolute atomic E-state index is 0.0469. The molecule has 172 valence electrons. The molecule has 2 aromatic rings. The van der Waals surface area contributed by atoms with E-state index < -0.39 is 11.3 Å². The second-order valence-electron chi connectivity index (χ2n) is 8.67. The van der Waals surface area contributed by atoms with Gasteiger partial charge in [0.2, 0.25) is 5.43 Å². The number of hydrogen-bond donors (Lipinski definition) is 1. The Bertz CT molecular complexity index is 960. The summed E-state index contributed by atoms with van der Waals surface area (Å²) < 4.78 is 1.84. The van der Waals surface area contributed by atoms with Crippen LogP contribution in [0.15, 0.2) is 47.5 Å². The Morgan fingerprint density at radius 3 is 2.31 bits per heavy atom. The monoisotopic (exact) mass is 437 g/mol. The molecule has 1 aromatic carbocycles. The summed E-state index contributed by atoms with van der Waals surface area (Å²) >= 11 is 0. The van der Waals surface area contributed by atoms with Crippen molar-refractivity contribution >= 4 is 11.8 Å². The van der Waals surface area contributed by atoms with Crippen molar-refractivity contribution in [2.24, 2.45) is 0 Å². The average Bonchev–Trinajstić information content (AvgIpc) is 3.11. The topological polar surface area (TPSA) is 71.4 Å². The third-order valence-corrected chi connectivity index (χ3v) is 6.28. The number of hydrogen-bond acceptors (Lipinski definition) is 3. The summed E-state index contributed by atoms with van der Waals surface area (Å²) in [7, 11) is 0. The van der Waals surface area contributed by atoms with E-state index in [0.29, 0.717) is 19.6 Å². The van der Waals surface area contributed by atoms with Crippen molar-refractivity contribution in [2.75, 3.05) is 19.6 Å². The number of amides is 2. The molecule has 6 nitrogen and oxygen atoms in total. The number of likely N-dealkylation sites (tertiary alicyclic amines) is 1. The van der Waals surface area contributed by atoms with E-state index in [-0.39, 0.29) is 23.1 Å². The van der Waals surface area contributed by atoms with Crippen molar-refractivity contribution in [3.8, 4) is 0 Å². The Balaban J connectivity index is 1.77. The first-order valence-corrected chi connectivity index (χ1v) is 11.9. The van der Waals surface area contributed by atoms with Crippen molar-refractivity contribution in [1.29, 1.82) is 0 Å². The molecule has 6 heteroatoms. The van der Waals surface area contributed by atoms with Crippen LogP contribution in [0.1, 0.15) is 84.7 Å². The SMILES string of the molecule is CC[C@@H](C)n1cc(C(=O)NCCCc2ccccc2)c(=O)c(C(=O)N2CCCCCC2)c1. The van der Waals surface area contributed by atoms with Crippen molar-refractivity contribution in [2.45, 2.75) is 64.8 Å². The number of nitrogens with zero attached hydrogens (tertiary/aromatic N) is 2. The van der Waals surface area contributed by atoms with Gasteiger partial charge in [-0.05, 0) is 44.6 Å². The molecule has 1 N–H and O–H groups in total. The van der Waals surface area contributed by atoms with Crippen molar-refractivity contribution in [1.82, 2.24) is 14.8 Å². The molecule has 2 amide bonds. The predicted octanol–water partition coefficient (Wildman–Crippen LogP) is 4.20. The highest BCUT2D eigenvalue weighted by Crippen LogP contribution is 2.15. The Hall–Kier alpha value is -2.89. The van der Waals surface area contributed by atoms with Crippen LogP contribution in [0.5, 0.6) is 0 Å². The second-order valence-corrected chi connectivity index (χ2v) is 8.67. The van der Waals surface area contributed by atoms with Crippen LogP contribution in [0.4, 0.5) is 0 Å². The van der Waals surface area contributed by atoms with Crippen LogP contribution in [0.25, 0.3) is 0 Å². The van der Waals surface area contributed by atoms with Crippen molar-refractivity contribution in [3.63, 3.8) is 0 Å². The van der Waals surface area contributed by atoms with Gasteiger partial charge in [-0.3, -0.25) is 14.4 Å². The first-order valence-electron chi connectivity index (χ1n) is 11.9. The second kappa shape index (κ2) is 11.7. The molecular weight excluding hydrogens is 402 g/mol. The van der Waals surface area contributed by atoms with Crippen LogP contribution in [0.3, 0.4) is 0 Å². The standard InChI is InChI=1S/C26H35N3O3/c1-3-20(2)29-18-22(25(31)27-15-11-14-21-12-7-6-8-13-21)24(30)23(19-29)26(32)28-16-9-4-5-10-17-28/h6-8,12-13,18-20H,3-5,9-11,14-17H2,1-2H3,(H,27,31)/t20-/m1/s1. The zero-order valence-corrected chi connectivity index (χ0v) is 19.3. The summed E-state index contributed by atoms with van der Waals surface area (Å²) in [6, 6.07) is 10.2. The number of carbonyl (C=O) groups excluding carboxylic acids is 2. The number of nitrogens with one attached hydrogen (secondary N) is 1. The third kappa shape index (κ3) is 6.09. The van der Waals surface area contributed by atoms with Crippen LogP contribution < -0.4 is 10.7 Å². The molecule has 3 rings (SSSR count). The zero-order chi connectivity index (χ0) is 22.9. The van der Waals surface area contributed by atoms with Crippen LogP contribution >= 0.6 is 0 Å². The number of pyridine rings is 1. The molecule has 2 heterocycles. The Kier molecular flexibility index (Phi) is 8.65. The van der Waals surface area contributed by atoms with Gasteiger partial charge >= 0.3 is 0 Å². The fraction of sp³-hybridized carbons (Fsp3) is 0.500. The Labute approximate surface area is 190 Å². The summed E-state index contributed by atoms with van der Waals surface area (Å²) in [4.78, 5) is 41.1. The molecule has 0 unspecified atom stereocenters. The van der Waals surface area contributed by atoms with E-state index in [1.807, 2.05) is 36.6 Å². The largest absolute Gasteiger partial charge is 0.352 e. The van der Waals surface area contributed by atoms with E-state index >= 15 is 0 Å². The number of rotatable bonds is 8. The maximum atomic E-state index is 13.2. The van der Waals surface area contributed by atoms with Gasteiger partial charge < -0.3 is 14.8 Å². The summed E-state index contributed by atoms with van der Waals surface area (Å²) in [5.41, 5.74) is 0.889. The zero-order valence-electron chi connectivity index (χ0n) is 19.3. The molecule has 1 saturated heterocycles. The molecule has 0 bridgehead atoms. The van der Waals surface area contributed by atoms with Gasteiger partial charge in [-0.2, -0.15) is 0 Å². The average molecular weight is 438 g/mol. The first-order chi connectivity index (χ1) is 15.5. The van der Waals surface area contributed by atoms with Gasteiger partial charge in [0.25, 0.3) is 11.8 Å². The highest BCUT2D eigenvalue weighted by Gasteiger charge is 2.24. The smallest absolute Gasteiger partial charge is 0.259 e. The van der Waals surface area contributed by atoms with Crippen molar-refractivity contribution in [3.05, 3.63) is 69.6 Å². The quantitative estimate of drug-likeness (QED) is 0.629. The Morgan fingerprint density at radius 1 is 1.00 bits per heavy atom. The lowest BCUT2D eigenvalue weighted by Gasteiger charge is -2.22. The molecule has 0 spiro atoms. The fourth-order valence-corrected chi connectivity index (χ4v) is 4.06. The van der Waals surface area contributed by atoms with E-state index in [4.69, 9.17) is 0 Å². The van der Waals surface area contributed by atoms with Gasteiger partial charge in [-0.1, -0.05) is 50.1 Å². The van der Waals surface area contributed by atoms with E-state index in [9.17, 15) is 14.4 Å². The normalized spacial score (nSPS) is 15.1. The summed E-state index contributed by atoms with van der Waals surface area (Å²) in [5, 5.41) is 2.87. The van der Waals surface area contributed by atoms with Gasteiger partial charge in [0, 0.05) is 38.1 Å². The third-order valence-electron chi connectivity index (χ3n) is 6.28. The highest BCUT2D eigenvalue weighted by molar-refractivity contribution is 5.99. The van der Waals surface area contributed by atoms with Crippen LogP contribution in [-0.2, 0) is 6.42 Å². The summed E-state index contributed by atoms with van der Waals surface area (Å²) in [5.74, 6) is -0.668. The van der Waals surface area contributed by atoms with E-state index in [0.717, 1.165) is 44.9 Å². The molecular formula is C26H35N3O3. The minimum Gasteiger partial charge on any atom is -0.352 e. The first kappa shape index (κ1) is 23.8. The van der Waals surface area contributed by atoms with Crippen LogP contribution in [-0.4, -0.2) is 40.9 Å². The molecule has 1 atom stereocenters. The summed E-state index contributed by atoms with van der Waals surface area (Å²) in [6.07, 6.45) is 9.81. The number of benzene rings is 1. The molecule has 0 radical (unpaired) electrons. The lowest BCUT2D eigenvalue weighted by atomic mass is 10.1. The molecule has 1 aliphatic rings. The molecule has 1 aliphatic heterocycles. The van der Waals surface area contributed by atoms with Gasteiger partial charge in [0.1, 0.15) is 11.1 Å². The lowest BCUT2D eigenvalue weighted by molar-refractivity contribution is 0.0759. The molecule has 1 fully saturated rings. The number of carbonyl (C=O) groups is 2.